The number of urea groups is 1. The van der Waals surface area contributed by atoms with Crippen LogP contribution < -0.4 is 11.2 Å². The SMILES string of the molecule is C[C@H]1CN(C2(C(=O)O)CN3C(=O)[C@@H](CC(=O)/C(=N\OC(C)(C)C(=O)O)c4csc(N)n4)[C@H]3S2)C(=O)N1NC(=O)c1ccc(O)c(O)c1Cl. The van der Waals surface area contributed by atoms with E-state index >= 15 is 0 Å². The molecule has 4 heterocycles. The number of oxime groups is 1. The minimum absolute atomic E-state index is 0.00568. The lowest BCUT2D eigenvalue weighted by Crippen LogP contribution is -2.60. The van der Waals surface area contributed by atoms with E-state index in [9.17, 15) is 49.2 Å². The number of benzene rings is 1. The zero-order valence-corrected chi connectivity index (χ0v) is 27.6. The number of carbonyl (C=O) groups excluding carboxylic acids is 4. The van der Waals surface area contributed by atoms with Gasteiger partial charge in [0.2, 0.25) is 16.4 Å². The van der Waals surface area contributed by atoms with Gasteiger partial charge in [-0.05, 0) is 32.9 Å². The van der Waals surface area contributed by atoms with Gasteiger partial charge in [0, 0.05) is 18.3 Å². The van der Waals surface area contributed by atoms with Crippen molar-refractivity contribution in [2.45, 2.75) is 49.1 Å². The molecule has 3 saturated heterocycles. The molecule has 2 aromatic rings. The number of anilines is 1. The first-order chi connectivity index (χ1) is 22.4. The third-order valence-corrected chi connectivity index (χ3v) is 10.7. The van der Waals surface area contributed by atoms with E-state index in [1.54, 1.807) is 6.92 Å². The van der Waals surface area contributed by atoms with Crippen molar-refractivity contribution >= 4 is 81.1 Å². The van der Waals surface area contributed by atoms with Gasteiger partial charge in [-0.3, -0.25) is 24.7 Å². The summed E-state index contributed by atoms with van der Waals surface area (Å²) in [5, 5.41) is 44.1. The van der Waals surface area contributed by atoms with Crippen LogP contribution in [-0.2, 0) is 24.0 Å². The van der Waals surface area contributed by atoms with Gasteiger partial charge >= 0.3 is 18.0 Å². The third kappa shape index (κ3) is 5.79. The number of nitrogen functional groups attached to an aromatic ring is 1. The lowest BCUT2D eigenvalue weighted by molar-refractivity contribution is -0.161. The Morgan fingerprint density at radius 2 is 1.92 bits per heavy atom. The second-order valence-electron chi connectivity index (χ2n) is 11.6. The molecule has 1 aromatic carbocycles. The molecule has 0 aliphatic carbocycles. The number of Topliss-reactive ketones (excluding diaryl/α,β-unsaturated/α-hetero) is 1. The molecule has 21 heteroatoms. The van der Waals surface area contributed by atoms with E-state index < -0.39 is 92.9 Å². The highest BCUT2D eigenvalue weighted by Gasteiger charge is 2.66. The molecule has 0 bridgehead atoms. The Balaban J connectivity index is 1.34. The van der Waals surface area contributed by atoms with Crippen LogP contribution in [0.2, 0.25) is 5.02 Å². The molecule has 1 aromatic heterocycles. The van der Waals surface area contributed by atoms with Crippen LogP contribution in [0, 0.1) is 5.92 Å². The quantitative estimate of drug-likeness (QED) is 0.0821. The summed E-state index contributed by atoms with van der Waals surface area (Å²) in [6.45, 7) is 3.38. The summed E-state index contributed by atoms with van der Waals surface area (Å²) in [6, 6.07) is 0.488. The first-order valence-electron chi connectivity index (χ1n) is 14.0. The molecule has 0 saturated carbocycles. The maximum atomic E-state index is 13.6. The standard InChI is InChI=1S/C27H28ClN7O11S2/c1-10-7-34(25(45)35(10)31-19(39)11-4-5-14(36)18(38)16(11)28)27(23(43)44)9-33-20(40)12(21(33)48-27)6-15(37)17(13-8-47-24(29)30-13)32-46-26(2,3)22(41)42/h4-5,8,10,12,21,36,38H,6-7,9H2,1-3H3,(H2,29,30)(H,31,39)(H,41,42)(H,43,44)/b32-17-/t10-,12+,21+,27?/m0/s1. The number of aromatic nitrogens is 1. The summed E-state index contributed by atoms with van der Waals surface area (Å²) in [7, 11) is 0. The molecule has 1 unspecified atom stereocenters. The van der Waals surface area contributed by atoms with Crippen LogP contribution in [0.1, 0.15) is 43.2 Å². The predicted molar refractivity (Wildman–Crippen MR) is 168 cm³/mol. The van der Waals surface area contributed by atoms with Crippen LogP contribution in [0.25, 0.3) is 0 Å². The molecule has 3 aliphatic rings. The fourth-order valence-corrected chi connectivity index (χ4v) is 7.65. The number of amides is 4. The first kappa shape index (κ1) is 34.5. The number of nitrogens with one attached hydrogen (secondary N) is 1. The highest BCUT2D eigenvalue weighted by molar-refractivity contribution is 8.02. The van der Waals surface area contributed by atoms with E-state index in [1.807, 2.05) is 0 Å². The van der Waals surface area contributed by atoms with Crippen LogP contribution >= 0.6 is 34.7 Å². The van der Waals surface area contributed by atoms with Gasteiger partial charge < -0.3 is 35.9 Å². The van der Waals surface area contributed by atoms with E-state index in [1.165, 1.54) is 24.1 Å². The molecule has 0 spiro atoms. The minimum atomic E-state index is -1.99. The molecule has 3 aliphatic heterocycles. The molecular formula is C27H28ClN7O11S2. The number of β-lactam (4-membered cyclic amide) rings is 1. The summed E-state index contributed by atoms with van der Waals surface area (Å²) < 4.78 is 0. The van der Waals surface area contributed by atoms with Crippen molar-refractivity contribution in [3.8, 4) is 11.5 Å². The van der Waals surface area contributed by atoms with E-state index in [4.69, 9.17) is 22.2 Å². The van der Waals surface area contributed by atoms with Gasteiger partial charge in [-0.1, -0.05) is 28.5 Å². The largest absolute Gasteiger partial charge is 0.504 e. The molecule has 256 valence electrons. The molecule has 4 atom stereocenters. The topological polar surface area (TPSA) is 266 Å². The number of aliphatic carboxylic acids is 2. The van der Waals surface area contributed by atoms with E-state index in [2.05, 4.69) is 15.6 Å². The van der Waals surface area contributed by atoms with Crippen LogP contribution in [0.5, 0.6) is 11.5 Å². The van der Waals surface area contributed by atoms with Crippen molar-refractivity contribution in [2.24, 2.45) is 11.1 Å². The number of fused-ring (bicyclic) bond motifs is 1. The number of nitrogens with zero attached hydrogens (tertiary/aromatic N) is 5. The van der Waals surface area contributed by atoms with E-state index in [-0.39, 0.29) is 28.6 Å². The number of hydrogen-bond acceptors (Lipinski definition) is 14. The number of halogens is 1. The number of hydrogen-bond donors (Lipinski definition) is 6. The van der Waals surface area contributed by atoms with Gasteiger partial charge in [0.15, 0.2) is 28.1 Å². The molecule has 18 nitrogen and oxygen atoms in total. The van der Waals surface area contributed by atoms with Gasteiger partial charge in [0.05, 0.1) is 34.5 Å². The Hall–Kier alpha value is -4.82. The third-order valence-electron chi connectivity index (χ3n) is 7.92. The van der Waals surface area contributed by atoms with Crippen molar-refractivity contribution < 1.29 is 54.0 Å². The fraction of sp³-hybridized carbons (Fsp3) is 0.407. The van der Waals surface area contributed by atoms with Crippen LogP contribution in [0.3, 0.4) is 0 Å². The highest BCUT2D eigenvalue weighted by Crippen LogP contribution is 2.53. The minimum Gasteiger partial charge on any atom is -0.504 e. The second-order valence-corrected chi connectivity index (χ2v) is 14.2. The number of carboxylic acids is 2. The number of aromatic hydroxyl groups is 2. The molecule has 7 N–H and O–H groups in total. The number of carboxylic acid groups (broad SMARTS) is 2. The highest BCUT2D eigenvalue weighted by atomic mass is 35.5. The lowest BCUT2D eigenvalue weighted by Gasteiger charge is -2.40. The molecular weight excluding hydrogens is 698 g/mol. The van der Waals surface area contributed by atoms with Crippen molar-refractivity contribution in [2.75, 3.05) is 18.8 Å². The molecule has 4 amide bonds. The van der Waals surface area contributed by atoms with Crippen molar-refractivity contribution in [1.82, 2.24) is 25.2 Å². The van der Waals surface area contributed by atoms with Gasteiger partial charge in [0.25, 0.3) is 5.91 Å². The first-order valence-corrected chi connectivity index (χ1v) is 16.1. The van der Waals surface area contributed by atoms with E-state index in [0.717, 1.165) is 45.1 Å². The van der Waals surface area contributed by atoms with E-state index in [0.29, 0.717) is 0 Å². The molecule has 5 rings (SSSR count). The zero-order chi connectivity index (χ0) is 35.5. The summed E-state index contributed by atoms with van der Waals surface area (Å²) in [5.74, 6) is -7.37. The van der Waals surface area contributed by atoms with Crippen LogP contribution in [0.15, 0.2) is 22.7 Å². The monoisotopic (exact) mass is 725 g/mol. The lowest BCUT2D eigenvalue weighted by atomic mass is 9.90. The Morgan fingerprint density at radius 1 is 1.23 bits per heavy atom. The summed E-state index contributed by atoms with van der Waals surface area (Å²) in [5.41, 5.74) is 5.59. The van der Waals surface area contributed by atoms with Gasteiger partial charge in [-0.2, -0.15) is 0 Å². The average molecular weight is 726 g/mol. The van der Waals surface area contributed by atoms with Gasteiger partial charge in [-0.25, -0.2) is 24.4 Å². The maximum absolute atomic E-state index is 13.6. The number of ketones is 1. The van der Waals surface area contributed by atoms with Crippen LogP contribution in [0.4, 0.5) is 9.93 Å². The normalized spacial score (nSPS) is 24.0. The summed E-state index contributed by atoms with van der Waals surface area (Å²) in [6.07, 6.45) is -0.470. The number of carbonyl (C=O) groups is 6. The Morgan fingerprint density at radius 3 is 2.52 bits per heavy atom. The Kier molecular flexibility index (Phi) is 8.86. The number of nitrogens with two attached hydrogens (primary N) is 1. The molecule has 0 radical (unpaired) electrons. The van der Waals surface area contributed by atoms with Crippen LogP contribution in [-0.4, -0.2) is 116 Å². The number of rotatable bonds is 11. The number of phenols is 2. The number of phenolic OH excluding ortho intramolecular Hbond substituents is 2. The average Bonchev–Trinajstić information content (AvgIpc) is 3.69. The second kappa shape index (κ2) is 12.3. The zero-order valence-electron chi connectivity index (χ0n) is 25.2. The predicted octanol–water partition coefficient (Wildman–Crippen LogP) is 1.12. The molecule has 48 heavy (non-hydrogen) atoms. The summed E-state index contributed by atoms with van der Waals surface area (Å²) >= 11 is 7.75. The van der Waals surface area contributed by atoms with Crippen molar-refractivity contribution in [3.05, 3.63) is 33.8 Å². The van der Waals surface area contributed by atoms with Gasteiger partial charge in [-0.15, -0.1) is 11.3 Å². The number of hydrazine groups is 1. The van der Waals surface area contributed by atoms with Crippen molar-refractivity contribution in [3.63, 3.8) is 0 Å². The molecule has 3 fully saturated rings. The maximum Gasteiger partial charge on any atom is 0.350 e. The number of thiazole rings is 1. The van der Waals surface area contributed by atoms with Gasteiger partial charge in [0.1, 0.15) is 5.69 Å². The fourth-order valence-electron chi connectivity index (χ4n) is 5.18. The Bertz CT molecular complexity index is 1790. The van der Waals surface area contributed by atoms with Crippen molar-refractivity contribution in [1.29, 1.82) is 0 Å². The Labute approximate surface area is 284 Å². The summed E-state index contributed by atoms with van der Waals surface area (Å²) in [4.78, 5) is 87.0. The smallest absolute Gasteiger partial charge is 0.350 e. The number of thioether (sulfide) groups is 1.